The molecule has 0 aliphatic carbocycles. The Morgan fingerprint density at radius 2 is 1.93 bits per heavy atom. The molecule has 3 N–H and O–H groups in total. The van der Waals surface area contributed by atoms with Crippen molar-refractivity contribution in [2.24, 2.45) is 11.8 Å². The van der Waals surface area contributed by atoms with Gasteiger partial charge in [0, 0.05) is 31.7 Å². The molecule has 148 valence electrons. The Hall–Kier alpha value is -2.57. The summed E-state index contributed by atoms with van der Waals surface area (Å²) in [6.45, 7) is 6.08. The molecule has 0 saturated carbocycles. The minimum absolute atomic E-state index is 0.0367. The molecule has 1 aliphatic rings. The number of anilines is 1. The predicted octanol–water partition coefficient (Wildman–Crippen LogP) is 2.72. The van der Waals surface area contributed by atoms with Crippen LogP contribution in [0.5, 0.6) is 0 Å². The van der Waals surface area contributed by atoms with E-state index in [2.05, 4.69) is 24.5 Å². The van der Waals surface area contributed by atoms with Gasteiger partial charge in [-0.05, 0) is 42.4 Å². The van der Waals surface area contributed by atoms with Gasteiger partial charge in [-0.25, -0.2) is 4.79 Å². The van der Waals surface area contributed by atoms with Crippen LogP contribution in [-0.2, 0) is 16.0 Å². The fourth-order valence-corrected chi connectivity index (χ4v) is 3.17. The third-order valence-corrected chi connectivity index (χ3v) is 4.53. The number of likely N-dealkylation sites (tertiary alicyclic amines) is 1. The molecule has 0 bridgehead atoms. The number of amides is 3. The van der Waals surface area contributed by atoms with Gasteiger partial charge in [0.25, 0.3) is 0 Å². The van der Waals surface area contributed by atoms with Crippen molar-refractivity contribution in [3.63, 3.8) is 0 Å². The van der Waals surface area contributed by atoms with Gasteiger partial charge in [-0.3, -0.25) is 9.59 Å². The molecule has 0 aromatic heterocycles. The number of hydrogen-bond donors (Lipinski definition) is 3. The van der Waals surface area contributed by atoms with Gasteiger partial charge in [-0.1, -0.05) is 26.0 Å². The van der Waals surface area contributed by atoms with Crippen LogP contribution in [0.4, 0.5) is 10.5 Å². The van der Waals surface area contributed by atoms with Crippen molar-refractivity contribution in [2.75, 3.05) is 25.0 Å². The van der Waals surface area contributed by atoms with Crippen LogP contribution in [0, 0.1) is 11.8 Å². The molecule has 1 saturated heterocycles. The molecule has 1 aromatic rings. The normalized spacial score (nSPS) is 16.9. The van der Waals surface area contributed by atoms with Gasteiger partial charge < -0.3 is 20.6 Å². The average Bonchev–Trinajstić information content (AvgIpc) is 2.61. The van der Waals surface area contributed by atoms with E-state index in [0.29, 0.717) is 36.7 Å². The van der Waals surface area contributed by atoms with E-state index in [-0.39, 0.29) is 24.3 Å². The van der Waals surface area contributed by atoms with Crippen LogP contribution in [0.1, 0.15) is 38.7 Å². The fourth-order valence-electron chi connectivity index (χ4n) is 3.17. The molecule has 0 spiro atoms. The third kappa shape index (κ3) is 7.29. The summed E-state index contributed by atoms with van der Waals surface area (Å²) in [6.07, 6.45) is 2.16. The summed E-state index contributed by atoms with van der Waals surface area (Å²) >= 11 is 0. The van der Waals surface area contributed by atoms with Crippen molar-refractivity contribution in [2.45, 2.75) is 39.5 Å². The molecule has 7 nitrogen and oxygen atoms in total. The molecule has 3 amide bonds. The first-order valence-corrected chi connectivity index (χ1v) is 9.47. The molecule has 7 heteroatoms. The summed E-state index contributed by atoms with van der Waals surface area (Å²) in [5.74, 6) is -0.418. The quantitative estimate of drug-likeness (QED) is 0.682. The Kier molecular flexibility index (Phi) is 7.64. The summed E-state index contributed by atoms with van der Waals surface area (Å²) in [4.78, 5) is 37.0. The number of urea groups is 1. The molecule has 27 heavy (non-hydrogen) atoms. The van der Waals surface area contributed by atoms with E-state index in [1.807, 2.05) is 0 Å². The summed E-state index contributed by atoms with van der Waals surface area (Å²) in [5.41, 5.74) is 1.34. The van der Waals surface area contributed by atoms with E-state index in [0.717, 1.165) is 19.4 Å². The van der Waals surface area contributed by atoms with Gasteiger partial charge in [-0.15, -0.1) is 0 Å². The average molecular weight is 375 g/mol. The zero-order chi connectivity index (χ0) is 19.8. The molecule has 1 heterocycles. The number of aliphatic carboxylic acids is 1. The SMILES string of the molecule is CC(C)CNC(=O)N1CCCC(CC(=O)Nc2ccc(CC(=O)O)cc2)C1. The van der Waals surface area contributed by atoms with Gasteiger partial charge >= 0.3 is 12.0 Å². The lowest BCUT2D eigenvalue weighted by Gasteiger charge is -2.32. The first-order valence-electron chi connectivity index (χ1n) is 9.47. The van der Waals surface area contributed by atoms with Crippen LogP contribution in [0.15, 0.2) is 24.3 Å². The molecule has 1 fully saturated rings. The van der Waals surface area contributed by atoms with E-state index in [9.17, 15) is 14.4 Å². The lowest BCUT2D eigenvalue weighted by atomic mass is 9.94. The van der Waals surface area contributed by atoms with Crippen molar-refractivity contribution >= 4 is 23.6 Å². The summed E-state index contributed by atoms with van der Waals surface area (Å²) < 4.78 is 0. The van der Waals surface area contributed by atoms with Crippen molar-refractivity contribution in [1.82, 2.24) is 10.2 Å². The van der Waals surface area contributed by atoms with Crippen LogP contribution in [-0.4, -0.2) is 47.5 Å². The monoisotopic (exact) mass is 375 g/mol. The molecule has 1 atom stereocenters. The summed E-state index contributed by atoms with van der Waals surface area (Å²) in [5, 5.41) is 14.6. The number of benzene rings is 1. The maximum atomic E-state index is 12.3. The van der Waals surface area contributed by atoms with E-state index in [1.54, 1.807) is 29.2 Å². The number of hydrogen-bond acceptors (Lipinski definition) is 3. The Labute approximate surface area is 160 Å². The lowest BCUT2D eigenvalue weighted by Crippen LogP contribution is -2.46. The van der Waals surface area contributed by atoms with Crippen LogP contribution < -0.4 is 10.6 Å². The van der Waals surface area contributed by atoms with Gasteiger partial charge in [0.2, 0.25) is 5.91 Å². The lowest BCUT2D eigenvalue weighted by molar-refractivity contribution is -0.136. The largest absolute Gasteiger partial charge is 0.481 e. The topological polar surface area (TPSA) is 98.7 Å². The van der Waals surface area contributed by atoms with Crippen molar-refractivity contribution in [3.05, 3.63) is 29.8 Å². The number of carboxylic acid groups (broad SMARTS) is 1. The molecule has 2 rings (SSSR count). The number of nitrogens with one attached hydrogen (secondary N) is 2. The van der Waals surface area contributed by atoms with Gasteiger partial charge in [0.1, 0.15) is 0 Å². The minimum Gasteiger partial charge on any atom is -0.481 e. The fraction of sp³-hybridized carbons (Fsp3) is 0.550. The van der Waals surface area contributed by atoms with Crippen molar-refractivity contribution in [3.8, 4) is 0 Å². The Morgan fingerprint density at radius 1 is 1.22 bits per heavy atom. The standard InChI is InChI=1S/C20H29N3O4/c1-14(2)12-21-20(27)23-9-3-4-16(13-23)10-18(24)22-17-7-5-15(6-8-17)11-19(25)26/h5-8,14,16H,3-4,9-13H2,1-2H3,(H,21,27)(H,22,24)(H,25,26). The van der Waals surface area contributed by atoms with E-state index in [1.165, 1.54) is 0 Å². The second kappa shape index (κ2) is 9.94. The van der Waals surface area contributed by atoms with Gasteiger partial charge in [0.05, 0.1) is 6.42 Å². The summed E-state index contributed by atoms with van der Waals surface area (Å²) in [7, 11) is 0. The number of rotatable bonds is 7. The van der Waals surface area contributed by atoms with Crippen LogP contribution in [0.2, 0.25) is 0 Å². The van der Waals surface area contributed by atoms with Gasteiger partial charge in [0.15, 0.2) is 0 Å². The molecule has 1 aliphatic heterocycles. The first-order chi connectivity index (χ1) is 12.8. The van der Waals surface area contributed by atoms with Crippen molar-refractivity contribution in [1.29, 1.82) is 0 Å². The van der Waals surface area contributed by atoms with E-state index < -0.39 is 5.97 Å². The second-order valence-electron chi connectivity index (χ2n) is 7.55. The zero-order valence-electron chi connectivity index (χ0n) is 16.0. The Morgan fingerprint density at radius 3 is 2.56 bits per heavy atom. The third-order valence-electron chi connectivity index (χ3n) is 4.53. The Balaban J connectivity index is 1.80. The van der Waals surface area contributed by atoms with Crippen LogP contribution >= 0.6 is 0 Å². The van der Waals surface area contributed by atoms with Crippen molar-refractivity contribution < 1.29 is 19.5 Å². The number of piperidine rings is 1. The highest BCUT2D eigenvalue weighted by atomic mass is 16.4. The minimum atomic E-state index is -0.883. The predicted molar refractivity (Wildman–Crippen MR) is 104 cm³/mol. The van der Waals surface area contributed by atoms with Gasteiger partial charge in [-0.2, -0.15) is 0 Å². The first kappa shape index (κ1) is 20.7. The molecular weight excluding hydrogens is 346 g/mol. The number of carbonyl (C=O) groups is 3. The molecule has 0 radical (unpaired) electrons. The maximum Gasteiger partial charge on any atom is 0.317 e. The Bertz CT molecular complexity index is 658. The van der Waals surface area contributed by atoms with E-state index >= 15 is 0 Å². The molecule has 1 aromatic carbocycles. The smallest absolute Gasteiger partial charge is 0.317 e. The highest BCUT2D eigenvalue weighted by molar-refractivity contribution is 5.91. The highest BCUT2D eigenvalue weighted by Gasteiger charge is 2.25. The number of carbonyl (C=O) groups excluding carboxylic acids is 2. The van der Waals surface area contributed by atoms with Crippen LogP contribution in [0.25, 0.3) is 0 Å². The number of carboxylic acids is 1. The highest BCUT2D eigenvalue weighted by Crippen LogP contribution is 2.21. The zero-order valence-corrected chi connectivity index (χ0v) is 16.0. The molecule has 1 unspecified atom stereocenters. The number of nitrogens with zero attached hydrogens (tertiary/aromatic N) is 1. The van der Waals surface area contributed by atoms with E-state index in [4.69, 9.17) is 5.11 Å². The maximum absolute atomic E-state index is 12.3. The van der Waals surface area contributed by atoms with Crippen LogP contribution in [0.3, 0.4) is 0 Å². The summed E-state index contributed by atoms with van der Waals surface area (Å²) in [6, 6.07) is 6.77. The second-order valence-corrected chi connectivity index (χ2v) is 7.55. The molecular formula is C20H29N3O4.